The normalized spacial score (nSPS) is 8.43. The molecule has 0 aromatic rings. The third-order valence-corrected chi connectivity index (χ3v) is 0. The molecule has 0 aliphatic heterocycles. The molecule has 0 radical (unpaired) electrons. The summed E-state index contributed by atoms with van der Waals surface area (Å²) in [6.45, 7) is 0. The molecule has 1 atom stereocenters. The fourth-order valence-corrected chi connectivity index (χ4v) is 0. The fourth-order valence-electron chi connectivity index (χ4n) is 0. The monoisotopic (exact) mass is 332 g/mol. The van der Waals surface area contributed by atoms with Crippen molar-refractivity contribution in [1.29, 1.82) is 0 Å². The molecule has 0 spiro atoms. The molecule has 0 amide bonds. The Morgan fingerprint density at radius 1 is 1.14 bits per heavy atom. The van der Waals surface area contributed by atoms with Crippen molar-refractivity contribution in [2.24, 2.45) is 0 Å². The first kappa shape index (κ1) is 15.9. The minimum atomic E-state index is -6.10. The zero-order valence-electron chi connectivity index (χ0n) is 3.36. The first-order chi connectivity index (χ1) is 2.00. The summed E-state index contributed by atoms with van der Waals surface area (Å²) in [4.78, 5) is 0. The first-order valence-corrected chi connectivity index (χ1v) is 4.90. The zero-order valence-corrected chi connectivity index (χ0v) is 11.3. The summed E-state index contributed by atoms with van der Waals surface area (Å²) in [6, 6.07) is 0. The predicted octanol–water partition coefficient (Wildman–Crippen LogP) is -5.63. The van der Waals surface area contributed by atoms with Gasteiger partial charge in [0, 0.05) is 0 Å². The summed E-state index contributed by atoms with van der Waals surface area (Å²) in [7, 11) is 0. The minimum absolute atomic E-state index is 0. The Bertz CT molecular complexity index is 57.8. The summed E-state index contributed by atoms with van der Waals surface area (Å²) in [5.74, 6) is 0. The molecule has 7 heavy (non-hydrogen) atoms. The standard InChI is InChI=1S/AsH3.Ga.4O.Sb/h1H3;;;;;;/q;+3;;3*-1;. The van der Waals surface area contributed by atoms with Crippen LogP contribution in [0.3, 0.4) is 0 Å². The molecule has 0 aromatic carbocycles. The number of hydrogen-bond acceptors (Lipinski definition) is 4. The second-order valence-corrected chi connectivity index (χ2v) is 3.00. The second kappa shape index (κ2) is 5.82. The topological polar surface area (TPSA) is 86.2 Å². The van der Waals surface area contributed by atoms with Gasteiger partial charge in [-0.2, -0.15) is 0 Å². The number of rotatable bonds is 0. The van der Waals surface area contributed by atoms with Gasteiger partial charge in [-0.15, -0.1) is 0 Å². The van der Waals surface area contributed by atoms with Crippen molar-refractivity contribution in [1.82, 2.24) is 0 Å². The summed E-state index contributed by atoms with van der Waals surface area (Å²) < 4.78 is 34.6. The average Bonchev–Trinajstić information content (AvgIpc) is 0.722. The SMILES string of the molecule is [AsH3].[Ga+3].[O]=[Sb]([O-])([O-])[O-]. The molecular weight excluding hydrogens is 330 g/mol. The van der Waals surface area contributed by atoms with E-state index in [1.165, 1.54) is 0 Å². The van der Waals surface area contributed by atoms with Crippen LogP contribution >= 0.6 is 0 Å². The molecule has 0 aromatic heterocycles. The van der Waals surface area contributed by atoms with E-state index in [4.69, 9.17) is 13.2 Å². The van der Waals surface area contributed by atoms with Crippen LogP contribution in [0, 0.1) is 0 Å². The Kier molecular flexibility index (Phi) is 13.2. The van der Waals surface area contributed by atoms with Crippen molar-refractivity contribution in [2.75, 3.05) is 0 Å². The molecule has 7 heteroatoms. The Morgan fingerprint density at radius 2 is 1.14 bits per heavy atom. The second-order valence-electron chi connectivity index (χ2n) is 0.447. The van der Waals surface area contributed by atoms with E-state index in [0.29, 0.717) is 0 Å². The van der Waals surface area contributed by atoms with Crippen LogP contribution in [0.1, 0.15) is 0 Å². The van der Waals surface area contributed by atoms with E-state index < -0.39 is 20.1 Å². The van der Waals surface area contributed by atoms with Crippen LogP contribution in [0.25, 0.3) is 0 Å². The van der Waals surface area contributed by atoms with Gasteiger partial charge < -0.3 is 0 Å². The van der Waals surface area contributed by atoms with E-state index in [1.54, 1.807) is 0 Å². The molecule has 0 saturated carbocycles. The summed E-state index contributed by atoms with van der Waals surface area (Å²) >= 11 is -6.10. The molecule has 0 heterocycles. The van der Waals surface area contributed by atoms with Gasteiger partial charge in [-0.25, -0.2) is 0 Å². The molecule has 1 unspecified atom stereocenters. The summed E-state index contributed by atoms with van der Waals surface area (Å²) in [5, 5.41) is 0. The van der Waals surface area contributed by atoms with Gasteiger partial charge in [-0.1, -0.05) is 0 Å². The van der Waals surface area contributed by atoms with Crippen LogP contribution in [-0.2, 0) is 3.02 Å². The third kappa shape index (κ3) is 87.0. The Labute approximate surface area is 70.4 Å². The first-order valence-electron chi connectivity index (χ1n) is 0.730. The van der Waals surface area contributed by atoms with Gasteiger partial charge in [0.1, 0.15) is 0 Å². The maximum absolute atomic E-state index is 8.64. The summed E-state index contributed by atoms with van der Waals surface area (Å²) in [5.41, 5.74) is 0. The van der Waals surface area contributed by atoms with Crippen LogP contribution in [0.15, 0.2) is 0 Å². The quantitative estimate of drug-likeness (QED) is 0.414. The molecule has 0 aliphatic carbocycles. The molecule has 0 fully saturated rings. The molecule has 0 N–H and O–H groups in total. The van der Waals surface area contributed by atoms with Crippen LogP contribution in [-0.4, -0.2) is 57.8 Å². The molecule has 0 rings (SSSR count). The fraction of sp³-hybridized carbons (Fsp3) is 0. The van der Waals surface area contributed by atoms with Crippen molar-refractivity contribution in [3.8, 4) is 0 Å². The number of hydrogen-bond donors (Lipinski definition) is 0. The Hall–Kier alpha value is 1.69. The average molecular weight is 333 g/mol. The molecule has 0 aliphatic rings. The molecular formula is H3AsGaO4Sb. The van der Waals surface area contributed by atoms with Gasteiger partial charge in [0.2, 0.25) is 0 Å². The molecule has 0 bridgehead atoms. The van der Waals surface area contributed by atoms with Crippen LogP contribution < -0.4 is 10.2 Å². The van der Waals surface area contributed by atoms with Gasteiger partial charge in [0.25, 0.3) is 0 Å². The Balaban J connectivity index is -0.0000000800. The van der Waals surface area contributed by atoms with E-state index in [1.807, 2.05) is 0 Å². The van der Waals surface area contributed by atoms with E-state index in [0.717, 1.165) is 0 Å². The van der Waals surface area contributed by atoms with Gasteiger partial charge in [-0.3, -0.25) is 0 Å². The van der Waals surface area contributed by atoms with E-state index in [-0.39, 0.29) is 37.7 Å². The van der Waals surface area contributed by atoms with Crippen molar-refractivity contribution in [2.45, 2.75) is 0 Å². The van der Waals surface area contributed by atoms with Crippen molar-refractivity contribution < 1.29 is 13.2 Å². The summed E-state index contributed by atoms with van der Waals surface area (Å²) in [6.07, 6.45) is 0. The zero-order chi connectivity index (χ0) is 4.50. The van der Waals surface area contributed by atoms with Crippen molar-refractivity contribution in [3.05, 3.63) is 0 Å². The third-order valence-electron chi connectivity index (χ3n) is 0. The van der Waals surface area contributed by atoms with E-state index in [9.17, 15) is 0 Å². The van der Waals surface area contributed by atoms with Crippen molar-refractivity contribution >= 4 is 57.8 Å². The predicted molar refractivity (Wildman–Crippen MR) is 22.1 cm³/mol. The molecule has 4 nitrogen and oxygen atoms in total. The van der Waals surface area contributed by atoms with Gasteiger partial charge in [0.05, 0.1) is 0 Å². The van der Waals surface area contributed by atoms with E-state index >= 15 is 0 Å². The van der Waals surface area contributed by atoms with Crippen LogP contribution in [0.2, 0.25) is 0 Å². The van der Waals surface area contributed by atoms with Gasteiger partial charge in [-0.05, 0) is 0 Å². The molecule has 0 saturated heterocycles. The maximum atomic E-state index is 8.64. The van der Waals surface area contributed by atoms with Crippen molar-refractivity contribution in [3.63, 3.8) is 0 Å². The van der Waals surface area contributed by atoms with Gasteiger partial charge in [0.15, 0.2) is 0 Å². The van der Waals surface area contributed by atoms with E-state index in [2.05, 4.69) is 0 Å². The Morgan fingerprint density at radius 3 is 1.14 bits per heavy atom. The van der Waals surface area contributed by atoms with Gasteiger partial charge >= 0.3 is 71.0 Å². The van der Waals surface area contributed by atoms with Crippen LogP contribution in [0.4, 0.5) is 0 Å². The van der Waals surface area contributed by atoms with Crippen LogP contribution in [0.5, 0.6) is 0 Å². The molecule has 40 valence electrons.